The number of carboxylic acids is 1. The highest BCUT2D eigenvalue weighted by Crippen LogP contribution is 2.33. The van der Waals surface area contributed by atoms with Crippen molar-refractivity contribution in [2.75, 3.05) is 19.6 Å². The Labute approximate surface area is 179 Å². The van der Waals surface area contributed by atoms with E-state index in [1.807, 2.05) is 6.08 Å². The van der Waals surface area contributed by atoms with Gasteiger partial charge < -0.3 is 10.4 Å². The highest BCUT2D eigenvalue weighted by atomic mass is 16.4. The zero-order valence-corrected chi connectivity index (χ0v) is 17.9. The van der Waals surface area contributed by atoms with Gasteiger partial charge in [-0.2, -0.15) is 0 Å². The molecule has 1 aromatic heterocycles. The maximum atomic E-state index is 11.3. The molecule has 1 fully saturated rings. The SMILES string of the molecule is C=CC(CCCCC1CN([C@@H](CC(=O)O)c2cncnc2)C1)=NC1=C(C)CCCN1. The predicted octanol–water partition coefficient (Wildman–Crippen LogP) is 3.73. The second-order valence-corrected chi connectivity index (χ2v) is 8.32. The first kappa shape index (κ1) is 22.2. The minimum absolute atomic E-state index is 0.0859. The van der Waals surface area contributed by atoms with Crippen molar-refractivity contribution in [2.24, 2.45) is 10.9 Å². The van der Waals surface area contributed by atoms with Crippen molar-refractivity contribution in [3.8, 4) is 0 Å². The van der Waals surface area contributed by atoms with Gasteiger partial charge in [0, 0.05) is 49.3 Å². The van der Waals surface area contributed by atoms with Crippen molar-refractivity contribution in [1.82, 2.24) is 20.2 Å². The fraction of sp³-hybridized carbons (Fsp3) is 0.565. The summed E-state index contributed by atoms with van der Waals surface area (Å²) in [4.78, 5) is 26.4. The molecule has 1 aromatic rings. The molecular weight excluding hydrogens is 378 g/mol. The van der Waals surface area contributed by atoms with Crippen LogP contribution in [0.2, 0.25) is 0 Å². The van der Waals surface area contributed by atoms with E-state index in [2.05, 4.69) is 33.7 Å². The summed E-state index contributed by atoms with van der Waals surface area (Å²) in [6.07, 6.45) is 13.5. The Morgan fingerprint density at radius 3 is 2.83 bits per heavy atom. The number of carboxylic acid groups (broad SMARTS) is 1. The average molecular weight is 412 g/mol. The molecule has 3 rings (SSSR count). The van der Waals surface area contributed by atoms with Gasteiger partial charge in [-0.25, -0.2) is 15.0 Å². The number of rotatable bonds is 11. The van der Waals surface area contributed by atoms with E-state index in [-0.39, 0.29) is 12.5 Å². The number of likely N-dealkylation sites (tertiary alicyclic amines) is 1. The number of carbonyl (C=O) groups is 1. The highest BCUT2D eigenvalue weighted by Gasteiger charge is 2.34. The molecule has 2 aliphatic rings. The normalized spacial score (nSPS) is 19.2. The Morgan fingerprint density at radius 2 is 2.17 bits per heavy atom. The number of allylic oxidation sites excluding steroid dienone is 2. The van der Waals surface area contributed by atoms with Gasteiger partial charge in [-0.1, -0.05) is 13.0 Å². The molecule has 0 unspecified atom stereocenters. The zero-order chi connectivity index (χ0) is 21.3. The second-order valence-electron chi connectivity index (χ2n) is 8.32. The Bertz CT molecular complexity index is 784. The highest BCUT2D eigenvalue weighted by molar-refractivity contribution is 5.95. The summed E-state index contributed by atoms with van der Waals surface area (Å²) < 4.78 is 0. The molecule has 0 bridgehead atoms. The van der Waals surface area contributed by atoms with E-state index in [4.69, 9.17) is 4.99 Å². The number of unbranched alkanes of at least 4 members (excludes halogenated alkanes) is 1. The van der Waals surface area contributed by atoms with Gasteiger partial charge in [0.15, 0.2) is 0 Å². The fourth-order valence-electron chi connectivity index (χ4n) is 4.20. The molecular formula is C23H33N5O2. The van der Waals surface area contributed by atoms with E-state index in [1.54, 1.807) is 12.4 Å². The topological polar surface area (TPSA) is 90.7 Å². The lowest BCUT2D eigenvalue weighted by atomic mass is 9.89. The standard InChI is InChI=1S/C23H33N5O2/c1-3-20(27-23-17(2)7-6-10-26-23)9-5-4-8-18-14-28(15-18)21(11-22(29)30)19-12-24-16-25-13-19/h3,12-13,16,18,21,26H,1,4-11,14-15H2,2H3,(H,29,30)/t21-/m0/s1. The van der Waals surface area contributed by atoms with Gasteiger partial charge in [-0.15, -0.1) is 0 Å². The Morgan fingerprint density at radius 1 is 1.40 bits per heavy atom. The molecule has 3 heterocycles. The summed E-state index contributed by atoms with van der Waals surface area (Å²) in [6, 6.07) is -0.140. The summed E-state index contributed by atoms with van der Waals surface area (Å²) in [5, 5.41) is 12.7. The summed E-state index contributed by atoms with van der Waals surface area (Å²) in [5.74, 6) is 0.863. The van der Waals surface area contributed by atoms with Crippen LogP contribution in [0.3, 0.4) is 0 Å². The Kier molecular flexibility index (Phi) is 8.13. The van der Waals surface area contributed by atoms with Crippen LogP contribution in [0.1, 0.15) is 63.5 Å². The summed E-state index contributed by atoms with van der Waals surface area (Å²) in [6.45, 7) is 8.94. The van der Waals surface area contributed by atoms with Crippen LogP contribution in [-0.2, 0) is 4.79 Å². The molecule has 1 atom stereocenters. The molecule has 0 aliphatic carbocycles. The van der Waals surface area contributed by atoms with Gasteiger partial charge in [0.25, 0.3) is 0 Å². The first-order valence-electron chi connectivity index (χ1n) is 10.9. The van der Waals surface area contributed by atoms with Gasteiger partial charge in [0.2, 0.25) is 0 Å². The van der Waals surface area contributed by atoms with Crippen LogP contribution in [0.4, 0.5) is 0 Å². The van der Waals surface area contributed by atoms with Crippen molar-refractivity contribution in [2.45, 2.75) is 57.9 Å². The van der Waals surface area contributed by atoms with Gasteiger partial charge in [-0.05, 0) is 56.6 Å². The maximum absolute atomic E-state index is 11.3. The van der Waals surface area contributed by atoms with Crippen molar-refractivity contribution >= 4 is 11.7 Å². The number of nitrogens with one attached hydrogen (secondary N) is 1. The van der Waals surface area contributed by atoms with Crippen LogP contribution in [0.15, 0.2) is 47.8 Å². The first-order chi connectivity index (χ1) is 14.6. The number of hydrogen-bond donors (Lipinski definition) is 2. The van der Waals surface area contributed by atoms with Crippen LogP contribution < -0.4 is 5.32 Å². The van der Waals surface area contributed by atoms with Gasteiger partial charge in [0.1, 0.15) is 12.1 Å². The number of aromatic nitrogens is 2. The van der Waals surface area contributed by atoms with Crippen LogP contribution >= 0.6 is 0 Å². The van der Waals surface area contributed by atoms with Crippen LogP contribution in [0.5, 0.6) is 0 Å². The van der Waals surface area contributed by atoms with Crippen molar-refractivity contribution in [3.05, 3.63) is 48.3 Å². The van der Waals surface area contributed by atoms with Crippen LogP contribution in [-0.4, -0.2) is 51.3 Å². The quantitative estimate of drug-likeness (QED) is 0.426. The molecule has 0 radical (unpaired) electrons. The molecule has 1 saturated heterocycles. The summed E-state index contributed by atoms with van der Waals surface area (Å²) in [7, 11) is 0. The van der Waals surface area contributed by atoms with E-state index in [1.165, 1.54) is 18.3 Å². The maximum Gasteiger partial charge on any atom is 0.305 e. The lowest BCUT2D eigenvalue weighted by molar-refractivity contribution is -0.139. The van der Waals surface area contributed by atoms with E-state index in [0.717, 1.165) is 68.8 Å². The molecule has 2 N–H and O–H groups in total. The molecule has 30 heavy (non-hydrogen) atoms. The van der Waals surface area contributed by atoms with Crippen LogP contribution in [0, 0.1) is 5.92 Å². The number of nitrogens with zero attached hydrogens (tertiary/aromatic N) is 4. The first-order valence-corrected chi connectivity index (χ1v) is 10.9. The lowest BCUT2D eigenvalue weighted by Gasteiger charge is -2.44. The minimum Gasteiger partial charge on any atom is -0.481 e. The van der Waals surface area contributed by atoms with Crippen molar-refractivity contribution in [1.29, 1.82) is 0 Å². The van der Waals surface area contributed by atoms with Gasteiger partial charge in [0.05, 0.1) is 6.42 Å². The minimum atomic E-state index is -0.790. The number of hydrogen-bond acceptors (Lipinski definition) is 6. The van der Waals surface area contributed by atoms with Crippen molar-refractivity contribution < 1.29 is 9.90 Å². The van der Waals surface area contributed by atoms with Gasteiger partial charge in [-0.3, -0.25) is 9.69 Å². The molecule has 7 heteroatoms. The largest absolute Gasteiger partial charge is 0.481 e. The molecule has 0 amide bonds. The van der Waals surface area contributed by atoms with Gasteiger partial charge >= 0.3 is 5.97 Å². The fourth-order valence-corrected chi connectivity index (χ4v) is 4.20. The number of aliphatic carboxylic acids is 1. The smallest absolute Gasteiger partial charge is 0.305 e. The zero-order valence-electron chi connectivity index (χ0n) is 17.9. The Hall–Kier alpha value is -2.54. The second kappa shape index (κ2) is 11.0. The third kappa shape index (κ3) is 6.23. The monoisotopic (exact) mass is 411 g/mol. The summed E-state index contributed by atoms with van der Waals surface area (Å²) in [5.41, 5.74) is 3.26. The third-order valence-electron chi connectivity index (χ3n) is 5.97. The third-order valence-corrected chi connectivity index (χ3v) is 5.97. The molecule has 2 aliphatic heterocycles. The van der Waals surface area contributed by atoms with E-state index in [0.29, 0.717) is 5.92 Å². The van der Waals surface area contributed by atoms with Crippen molar-refractivity contribution in [3.63, 3.8) is 0 Å². The van der Waals surface area contributed by atoms with E-state index < -0.39 is 5.97 Å². The van der Waals surface area contributed by atoms with Crippen LogP contribution in [0.25, 0.3) is 0 Å². The summed E-state index contributed by atoms with van der Waals surface area (Å²) >= 11 is 0. The molecule has 0 spiro atoms. The molecule has 162 valence electrons. The molecule has 0 saturated carbocycles. The molecule has 0 aromatic carbocycles. The van der Waals surface area contributed by atoms with E-state index >= 15 is 0 Å². The predicted molar refractivity (Wildman–Crippen MR) is 118 cm³/mol. The average Bonchev–Trinajstić information content (AvgIpc) is 2.72. The molecule has 7 nitrogen and oxygen atoms in total. The Balaban J connectivity index is 1.41. The lowest BCUT2D eigenvalue weighted by Crippen LogP contribution is -2.48. The van der Waals surface area contributed by atoms with E-state index in [9.17, 15) is 9.90 Å². The number of aliphatic imine (C=N–C) groups is 1.